The number of nitrogens with one attached hydrogen (secondary N) is 1. The highest BCUT2D eigenvalue weighted by molar-refractivity contribution is 7.91. The molecule has 1 fully saturated rings. The number of rotatable bonds is 6. The maximum atomic E-state index is 12.7. The van der Waals surface area contributed by atoms with Gasteiger partial charge in [-0.3, -0.25) is 19.8 Å². The smallest absolute Gasteiger partial charge is 0.271 e. The fourth-order valence-corrected chi connectivity index (χ4v) is 5.98. The number of piperazine rings is 1. The molecule has 1 N–H and O–H groups in total. The molecule has 0 aliphatic carbocycles. The Morgan fingerprint density at radius 2 is 1.90 bits per heavy atom. The largest absolute Gasteiger partial charge is 0.324 e. The first-order valence-electron chi connectivity index (χ1n) is 9.04. The minimum Gasteiger partial charge on any atom is -0.324 e. The summed E-state index contributed by atoms with van der Waals surface area (Å²) in [7, 11) is -3.51. The fraction of sp³-hybridized carbons (Fsp3) is 0.389. The lowest BCUT2D eigenvalue weighted by atomic mass is 10.2. The Hall–Kier alpha value is -2.34. The van der Waals surface area contributed by atoms with Crippen molar-refractivity contribution < 1.29 is 18.1 Å². The van der Waals surface area contributed by atoms with E-state index in [-0.39, 0.29) is 11.6 Å². The first-order chi connectivity index (χ1) is 13.7. The van der Waals surface area contributed by atoms with Crippen LogP contribution >= 0.6 is 11.3 Å². The van der Waals surface area contributed by atoms with Crippen LogP contribution in [0, 0.1) is 17.0 Å². The molecular weight excluding hydrogens is 416 g/mol. The van der Waals surface area contributed by atoms with E-state index in [1.54, 1.807) is 25.1 Å². The predicted molar refractivity (Wildman–Crippen MR) is 111 cm³/mol. The molecule has 2 heterocycles. The number of carbonyl (C=O) groups excluding carboxylic acids is 1. The summed E-state index contributed by atoms with van der Waals surface area (Å²) in [5.41, 5.74) is 0.253. The number of anilines is 1. The van der Waals surface area contributed by atoms with Crippen LogP contribution in [0.4, 0.5) is 11.4 Å². The van der Waals surface area contributed by atoms with Crippen molar-refractivity contribution in [2.45, 2.75) is 24.1 Å². The minimum absolute atomic E-state index is 0.0990. The van der Waals surface area contributed by atoms with E-state index < -0.39 is 21.0 Å². The van der Waals surface area contributed by atoms with Gasteiger partial charge in [-0.2, -0.15) is 4.31 Å². The Kier molecular flexibility index (Phi) is 6.32. The van der Waals surface area contributed by atoms with Crippen LogP contribution in [0.25, 0.3) is 0 Å². The molecule has 156 valence electrons. The summed E-state index contributed by atoms with van der Waals surface area (Å²) in [5.74, 6) is -0.296. The number of hydrogen-bond donors (Lipinski definition) is 1. The molecule has 1 unspecified atom stereocenters. The van der Waals surface area contributed by atoms with E-state index >= 15 is 0 Å². The zero-order valence-corrected chi connectivity index (χ0v) is 17.7. The van der Waals surface area contributed by atoms with Crippen LogP contribution in [0.5, 0.6) is 0 Å². The second-order valence-electron chi connectivity index (χ2n) is 6.78. The van der Waals surface area contributed by atoms with Gasteiger partial charge in [0.25, 0.3) is 15.7 Å². The second-order valence-corrected chi connectivity index (χ2v) is 10.2. The second kappa shape index (κ2) is 8.57. The third-order valence-corrected chi connectivity index (χ3v) is 8.20. The van der Waals surface area contributed by atoms with Gasteiger partial charge in [0.1, 0.15) is 4.21 Å². The molecule has 1 aromatic heterocycles. The van der Waals surface area contributed by atoms with E-state index in [1.165, 1.54) is 33.8 Å². The number of amides is 1. The molecule has 1 atom stereocenters. The number of carbonyl (C=O) groups is 1. The van der Waals surface area contributed by atoms with Crippen molar-refractivity contribution in [3.63, 3.8) is 0 Å². The van der Waals surface area contributed by atoms with E-state index in [0.717, 1.165) is 4.88 Å². The highest BCUT2D eigenvalue weighted by Crippen LogP contribution is 2.25. The number of sulfonamides is 1. The average molecular weight is 439 g/mol. The molecule has 11 heteroatoms. The van der Waals surface area contributed by atoms with Crippen molar-refractivity contribution in [3.8, 4) is 0 Å². The number of nitrogens with zero attached hydrogens (tertiary/aromatic N) is 3. The Labute approximate surface area is 173 Å². The topological polar surface area (TPSA) is 113 Å². The van der Waals surface area contributed by atoms with Gasteiger partial charge in [-0.05, 0) is 32.0 Å². The third kappa shape index (κ3) is 4.81. The molecule has 1 amide bonds. The molecular formula is C18H22N4O5S2. The van der Waals surface area contributed by atoms with Crippen LogP contribution in [0.15, 0.2) is 40.6 Å². The van der Waals surface area contributed by atoms with E-state index in [2.05, 4.69) is 5.32 Å². The zero-order valence-electron chi connectivity index (χ0n) is 16.1. The first kappa shape index (κ1) is 21.4. The van der Waals surface area contributed by atoms with Crippen LogP contribution in [0.3, 0.4) is 0 Å². The molecule has 0 saturated carbocycles. The maximum Gasteiger partial charge on any atom is 0.271 e. The summed E-state index contributed by atoms with van der Waals surface area (Å²) in [4.78, 5) is 25.7. The van der Waals surface area contributed by atoms with Gasteiger partial charge in [0.05, 0.1) is 11.0 Å². The number of thiophene rings is 1. The lowest BCUT2D eigenvalue weighted by molar-refractivity contribution is -0.384. The first-order valence-corrected chi connectivity index (χ1v) is 11.3. The predicted octanol–water partition coefficient (Wildman–Crippen LogP) is 2.30. The Bertz CT molecular complexity index is 1010. The van der Waals surface area contributed by atoms with Crippen LogP contribution < -0.4 is 5.32 Å². The van der Waals surface area contributed by atoms with Crippen LogP contribution in [0.2, 0.25) is 0 Å². The Morgan fingerprint density at radius 1 is 1.21 bits per heavy atom. The van der Waals surface area contributed by atoms with Crippen molar-refractivity contribution in [1.29, 1.82) is 0 Å². The number of non-ortho nitro benzene ring substituents is 1. The van der Waals surface area contributed by atoms with Crippen molar-refractivity contribution in [1.82, 2.24) is 9.21 Å². The van der Waals surface area contributed by atoms with Gasteiger partial charge in [0, 0.05) is 48.9 Å². The number of hydrogen-bond acceptors (Lipinski definition) is 7. The van der Waals surface area contributed by atoms with Gasteiger partial charge in [0.2, 0.25) is 5.91 Å². The van der Waals surface area contributed by atoms with E-state index in [1.807, 2.05) is 11.8 Å². The highest BCUT2D eigenvalue weighted by Gasteiger charge is 2.32. The van der Waals surface area contributed by atoms with Gasteiger partial charge in [-0.15, -0.1) is 11.3 Å². The average Bonchev–Trinajstić information content (AvgIpc) is 3.15. The molecule has 0 radical (unpaired) electrons. The summed E-state index contributed by atoms with van der Waals surface area (Å²) >= 11 is 1.25. The van der Waals surface area contributed by atoms with Crippen LogP contribution in [-0.4, -0.2) is 60.7 Å². The summed E-state index contributed by atoms with van der Waals surface area (Å²) in [6, 6.07) is 8.67. The lowest BCUT2D eigenvalue weighted by Crippen LogP contribution is -2.53. The quantitative estimate of drug-likeness (QED) is 0.547. The standard InChI is InChI=1S/C18H22N4O5S2/c1-13-6-7-17(28-13)29(26,27)21-10-8-20(9-11-21)14(2)18(23)19-15-4-3-5-16(12-15)22(24)25/h3-7,12,14H,8-11H2,1-2H3,(H,19,23). The molecule has 0 spiro atoms. The fourth-order valence-electron chi connectivity index (χ4n) is 3.12. The van der Waals surface area contributed by atoms with Gasteiger partial charge < -0.3 is 5.32 Å². The lowest BCUT2D eigenvalue weighted by Gasteiger charge is -2.36. The van der Waals surface area contributed by atoms with Crippen molar-refractivity contribution in [3.05, 3.63) is 51.4 Å². The van der Waals surface area contributed by atoms with E-state index in [0.29, 0.717) is 36.1 Å². The van der Waals surface area contributed by atoms with Crippen molar-refractivity contribution in [2.75, 3.05) is 31.5 Å². The maximum absolute atomic E-state index is 12.7. The molecule has 1 aliphatic rings. The van der Waals surface area contributed by atoms with Crippen molar-refractivity contribution >= 4 is 38.6 Å². The molecule has 29 heavy (non-hydrogen) atoms. The number of nitro benzene ring substituents is 1. The van der Waals surface area contributed by atoms with Gasteiger partial charge >= 0.3 is 0 Å². The van der Waals surface area contributed by atoms with Gasteiger partial charge in [-0.25, -0.2) is 8.42 Å². The number of benzene rings is 1. The molecule has 1 aliphatic heterocycles. The summed E-state index contributed by atoms with van der Waals surface area (Å²) < 4.78 is 27.2. The third-order valence-electron chi connectivity index (χ3n) is 4.83. The monoisotopic (exact) mass is 438 g/mol. The summed E-state index contributed by atoms with van der Waals surface area (Å²) in [5, 5.41) is 13.6. The Balaban J connectivity index is 1.59. The SMILES string of the molecule is Cc1ccc(S(=O)(=O)N2CCN(C(C)C(=O)Nc3cccc([N+](=O)[O-])c3)CC2)s1. The molecule has 3 rings (SSSR count). The van der Waals surface area contributed by atoms with E-state index in [4.69, 9.17) is 0 Å². The summed E-state index contributed by atoms with van der Waals surface area (Å²) in [6.45, 7) is 5.05. The van der Waals surface area contributed by atoms with Gasteiger partial charge in [0.15, 0.2) is 0 Å². The molecule has 0 bridgehead atoms. The normalized spacial score (nSPS) is 17.0. The highest BCUT2D eigenvalue weighted by atomic mass is 32.2. The Morgan fingerprint density at radius 3 is 2.48 bits per heavy atom. The molecule has 9 nitrogen and oxygen atoms in total. The van der Waals surface area contributed by atoms with Crippen molar-refractivity contribution in [2.24, 2.45) is 0 Å². The minimum atomic E-state index is -3.51. The summed E-state index contributed by atoms with van der Waals surface area (Å²) in [6.07, 6.45) is 0. The molecule has 1 saturated heterocycles. The van der Waals surface area contributed by atoms with Crippen LogP contribution in [-0.2, 0) is 14.8 Å². The van der Waals surface area contributed by atoms with Crippen LogP contribution in [0.1, 0.15) is 11.8 Å². The molecule has 1 aromatic carbocycles. The van der Waals surface area contributed by atoms with Gasteiger partial charge in [-0.1, -0.05) is 6.07 Å². The zero-order chi connectivity index (χ0) is 21.2. The number of nitro groups is 1. The van der Waals surface area contributed by atoms with E-state index in [9.17, 15) is 23.3 Å². The number of aryl methyl sites for hydroxylation is 1. The molecule has 2 aromatic rings.